The van der Waals surface area contributed by atoms with Crippen molar-refractivity contribution in [2.75, 3.05) is 44.8 Å². The third-order valence-electron chi connectivity index (χ3n) is 6.36. The summed E-state index contributed by atoms with van der Waals surface area (Å²) in [5.41, 5.74) is 2.60. The predicted molar refractivity (Wildman–Crippen MR) is 134 cm³/mol. The van der Waals surface area contributed by atoms with E-state index in [0.29, 0.717) is 73.6 Å². The van der Waals surface area contributed by atoms with Crippen molar-refractivity contribution in [2.45, 2.75) is 25.8 Å². The highest BCUT2D eigenvalue weighted by atomic mass is 16.6. The van der Waals surface area contributed by atoms with Gasteiger partial charge in [-0.2, -0.15) is 0 Å². The maximum Gasteiger partial charge on any atom is 0.258 e. The number of piperidine rings is 1. The van der Waals surface area contributed by atoms with Crippen molar-refractivity contribution in [1.29, 1.82) is 0 Å². The monoisotopic (exact) mass is 491 g/mol. The lowest BCUT2D eigenvalue weighted by atomic mass is 10.0. The van der Waals surface area contributed by atoms with Gasteiger partial charge < -0.3 is 23.7 Å². The van der Waals surface area contributed by atoms with Gasteiger partial charge in [0.15, 0.2) is 11.5 Å². The van der Waals surface area contributed by atoms with E-state index in [0.717, 1.165) is 18.5 Å². The molecule has 0 radical (unpaired) electrons. The summed E-state index contributed by atoms with van der Waals surface area (Å²) < 4.78 is 19.6. The number of fused-ring (bicyclic) bond motifs is 3. The number of aromatic nitrogens is 3. The number of nitrogens with zero attached hydrogens (tertiary/aromatic N) is 4. The number of pyridine rings is 1. The molecule has 2 aliphatic rings. The van der Waals surface area contributed by atoms with Gasteiger partial charge in [0.2, 0.25) is 11.9 Å². The molecule has 10 nitrogen and oxygen atoms in total. The van der Waals surface area contributed by atoms with Crippen LogP contribution in [0.4, 0.5) is 5.95 Å². The summed E-state index contributed by atoms with van der Waals surface area (Å²) in [4.78, 5) is 36.3. The van der Waals surface area contributed by atoms with Crippen molar-refractivity contribution in [3.8, 4) is 11.5 Å². The lowest BCUT2D eigenvalue weighted by molar-refractivity contribution is -0.127. The molecule has 2 aliphatic heterocycles. The van der Waals surface area contributed by atoms with E-state index in [1.807, 2.05) is 23.6 Å². The summed E-state index contributed by atoms with van der Waals surface area (Å²) in [6, 6.07) is 6.93. The zero-order chi connectivity index (χ0) is 25.1. The zero-order valence-corrected chi connectivity index (χ0v) is 20.2. The van der Waals surface area contributed by atoms with E-state index >= 15 is 0 Å². The Morgan fingerprint density at radius 3 is 2.81 bits per heavy atom. The second-order valence-electron chi connectivity index (χ2n) is 8.80. The van der Waals surface area contributed by atoms with Gasteiger partial charge in [-0.1, -0.05) is 6.58 Å². The molecule has 188 valence electrons. The summed E-state index contributed by atoms with van der Waals surface area (Å²) in [6.45, 7) is 8.23. The summed E-state index contributed by atoms with van der Waals surface area (Å²) in [5.74, 6) is 1.11. The molecule has 0 bridgehead atoms. The van der Waals surface area contributed by atoms with Crippen molar-refractivity contribution in [2.24, 2.45) is 0 Å². The van der Waals surface area contributed by atoms with E-state index in [1.165, 1.54) is 6.08 Å². The number of likely N-dealkylation sites (tertiary alicyclic amines) is 1. The Morgan fingerprint density at radius 2 is 2.00 bits per heavy atom. The fraction of sp³-hybridized carbons (Fsp3) is 0.385. The molecule has 3 aromatic rings. The van der Waals surface area contributed by atoms with E-state index in [1.54, 1.807) is 23.2 Å². The van der Waals surface area contributed by atoms with Gasteiger partial charge in [0.05, 0.1) is 24.8 Å². The molecule has 10 heteroatoms. The minimum atomic E-state index is -0.294. The molecule has 36 heavy (non-hydrogen) atoms. The molecule has 0 spiro atoms. The lowest BCUT2D eigenvalue weighted by Gasteiger charge is -2.34. The third-order valence-corrected chi connectivity index (χ3v) is 6.36. The average Bonchev–Trinajstić information content (AvgIpc) is 3.30. The molecule has 0 unspecified atom stereocenters. The molecule has 1 N–H and O–H groups in total. The number of benzene rings is 1. The minimum Gasteiger partial charge on any atom is -0.487 e. The van der Waals surface area contributed by atoms with Crippen LogP contribution in [0.2, 0.25) is 0 Å². The highest BCUT2D eigenvalue weighted by Gasteiger charge is 2.30. The number of ether oxygens (including phenoxy) is 3. The molecule has 0 saturated carbocycles. The molecule has 0 aliphatic carbocycles. The maximum atomic E-state index is 13.2. The number of aryl methyl sites for hydroxylation is 1. The number of hydrogen-bond acceptors (Lipinski definition) is 7. The number of imidazole rings is 1. The van der Waals surface area contributed by atoms with Gasteiger partial charge in [-0.05, 0) is 50.1 Å². The van der Waals surface area contributed by atoms with Crippen molar-refractivity contribution in [3.63, 3.8) is 0 Å². The third kappa shape index (κ3) is 4.76. The SMILES string of the molecule is C=CC(=O)N1CCC[C@@H](n2c(NC(=O)c3ccnc(C)c3)nc3ccc4c(c32)OCCOCCO4)C1. The molecule has 4 heterocycles. The standard InChI is InChI=1S/C26H29N5O5/c1-3-22(32)30-10-4-5-19(16-30)31-23-20(6-7-21-24(23)36-14-12-34-11-13-35-21)28-26(31)29-25(33)18-8-9-27-17(2)15-18/h3,6-9,15,19H,1,4-5,10-14,16H2,2H3,(H,28,29,33)/t19-/m1/s1. The van der Waals surface area contributed by atoms with Gasteiger partial charge >= 0.3 is 0 Å². The summed E-state index contributed by atoms with van der Waals surface area (Å²) in [7, 11) is 0. The number of rotatable bonds is 4. The van der Waals surface area contributed by atoms with E-state index in [9.17, 15) is 9.59 Å². The van der Waals surface area contributed by atoms with E-state index in [-0.39, 0.29) is 17.9 Å². The van der Waals surface area contributed by atoms with Gasteiger partial charge in [0, 0.05) is 30.5 Å². The highest BCUT2D eigenvalue weighted by molar-refractivity contribution is 6.04. The zero-order valence-electron chi connectivity index (χ0n) is 20.2. The summed E-state index contributed by atoms with van der Waals surface area (Å²) >= 11 is 0. The molecule has 1 fully saturated rings. The maximum absolute atomic E-state index is 13.2. The topological polar surface area (TPSA) is 108 Å². The van der Waals surface area contributed by atoms with Gasteiger partial charge in [-0.3, -0.25) is 19.9 Å². The quantitative estimate of drug-likeness (QED) is 0.559. The number of carbonyl (C=O) groups excluding carboxylic acids is 2. The van der Waals surface area contributed by atoms with Crippen LogP contribution >= 0.6 is 0 Å². The molecule has 2 aromatic heterocycles. The largest absolute Gasteiger partial charge is 0.487 e. The molecular weight excluding hydrogens is 462 g/mol. The normalized spacial score (nSPS) is 18.1. The fourth-order valence-electron chi connectivity index (χ4n) is 4.71. The Morgan fingerprint density at radius 1 is 1.17 bits per heavy atom. The van der Waals surface area contributed by atoms with Crippen LogP contribution in [0.25, 0.3) is 11.0 Å². The Bertz CT molecular complexity index is 1300. The fourth-order valence-corrected chi connectivity index (χ4v) is 4.71. The van der Waals surface area contributed by atoms with Crippen LogP contribution in [0, 0.1) is 6.92 Å². The number of hydrogen-bond donors (Lipinski definition) is 1. The second-order valence-corrected chi connectivity index (χ2v) is 8.80. The van der Waals surface area contributed by atoms with E-state index in [2.05, 4.69) is 16.9 Å². The second kappa shape index (κ2) is 10.4. The number of carbonyl (C=O) groups is 2. The Balaban J connectivity index is 1.61. The van der Waals surface area contributed by atoms with E-state index < -0.39 is 0 Å². The molecule has 1 atom stereocenters. The van der Waals surface area contributed by atoms with Crippen LogP contribution in [0.15, 0.2) is 43.1 Å². The van der Waals surface area contributed by atoms with Gasteiger partial charge in [-0.15, -0.1) is 0 Å². The predicted octanol–water partition coefficient (Wildman–Crippen LogP) is 3.13. The van der Waals surface area contributed by atoms with Crippen LogP contribution in [-0.4, -0.2) is 70.8 Å². The molecule has 2 amide bonds. The van der Waals surface area contributed by atoms with Gasteiger partial charge in [0.25, 0.3) is 5.91 Å². The number of amides is 2. The van der Waals surface area contributed by atoms with Crippen molar-refractivity contribution in [3.05, 3.63) is 54.4 Å². The van der Waals surface area contributed by atoms with Crippen LogP contribution in [0.3, 0.4) is 0 Å². The number of anilines is 1. The molecule has 5 rings (SSSR count). The van der Waals surface area contributed by atoms with Gasteiger partial charge in [-0.25, -0.2) is 4.98 Å². The first-order valence-corrected chi connectivity index (χ1v) is 12.1. The Hall–Kier alpha value is -3.92. The lowest BCUT2D eigenvalue weighted by Crippen LogP contribution is -2.40. The highest BCUT2D eigenvalue weighted by Crippen LogP contribution is 2.41. The smallest absolute Gasteiger partial charge is 0.258 e. The number of nitrogens with one attached hydrogen (secondary N) is 1. The molecule has 1 aromatic carbocycles. The summed E-state index contributed by atoms with van der Waals surface area (Å²) in [6.07, 6.45) is 4.55. The molecule has 1 saturated heterocycles. The minimum absolute atomic E-state index is 0.120. The average molecular weight is 492 g/mol. The van der Waals surface area contributed by atoms with E-state index in [4.69, 9.17) is 19.2 Å². The first-order chi connectivity index (χ1) is 17.5. The Labute approximate surface area is 208 Å². The van der Waals surface area contributed by atoms with Gasteiger partial charge in [0.1, 0.15) is 18.7 Å². The van der Waals surface area contributed by atoms with Crippen LogP contribution in [0.5, 0.6) is 11.5 Å². The van der Waals surface area contributed by atoms with Crippen LogP contribution < -0.4 is 14.8 Å². The summed E-state index contributed by atoms with van der Waals surface area (Å²) in [5, 5.41) is 2.99. The van der Waals surface area contributed by atoms with Crippen molar-refractivity contribution < 1.29 is 23.8 Å². The first kappa shape index (κ1) is 23.8. The first-order valence-electron chi connectivity index (χ1n) is 12.1. The van der Waals surface area contributed by atoms with Crippen LogP contribution in [-0.2, 0) is 9.53 Å². The Kier molecular flexibility index (Phi) is 6.86. The van der Waals surface area contributed by atoms with Crippen molar-refractivity contribution in [1.82, 2.24) is 19.4 Å². The van der Waals surface area contributed by atoms with Crippen molar-refractivity contribution >= 4 is 28.8 Å². The molecular formula is C26H29N5O5. The van der Waals surface area contributed by atoms with Crippen LogP contribution in [0.1, 0.15) is 34.9 Å².